The summed E-state index contributed by atoms with van der Waals surface area (Å²) in [6.07, 6.45) is 0.786. The lowest BCUT2D eigenvalue weighted by Crippen LogP contribution is -2.21. The van der Waals surface area contributed by atoms with Gasteiger partial charge in [-0.05, 0) is 22.0 Å². The van der Waals surface area contributed by atoms with Crippen LogP contribution in [0.4, 0.5) is 24.7 Å². The van der Waals surface area contributed by atoms with Crippen molar-refractivity contribution in [3.63, 3.8) is 0 Å². The maximum Gasteiger partial charge on any atom is 0.341 e. The Balaban J connectivity index is 2.51. The summed E-state index contributed by atoms with van der Waals surface area (Å²) < 4.78 is 43.3. The highest BCUT2D eigenvalue weighted by atomic mass is 79.9. The minimum atomic E-state index is -1.64. The molecule has 0 fully saturated rings. The third-order valence-electron chi connectivity index (χ3n) is 3.99. The number of hydrogen-bond donors (Lipinski definition) is 4. The van der Waals surface area contributed by atoms with E-state index in [0.717, 1.165) is 16.8 Å². The fourth-order valence-electron chi connectivity index (χ4n) is 2.72. The molecule has 2 aromatic heterocycles. The van der Waals surface area contributed by atoms with Crippen LogP contribution in [-0.2, 0) is 0 Å². The zero-order valence-electron chi connectivity index (χ0n) is 14.3. The molecule has 0 radical (unpaired) electrons. The van der Waals surface area contributed by atoms with E-state index in [-0.39, 0.29) is 28.8 Å². The van der Waals surface area contributed by atoms with Crippen molar-refractivity contribution in [1.29, 1.82) is 0 Å². The van der Waals surface area contributed by atoms with Gasteiger partial charge in [0, 0.05) is 18.8 Å². The fraction of sp³-hybridized carbons (Fsp3) is 0.118. The van der Waals surface area contributed by atoms with E-state index in [1.807, 2.05) is 0 Å². The predicted molar refractivity (Wildman–Crippen MR) is 102 cm³/mol. The van der Waals surface area contributed by atoms with Gasteiger partial charge in [0.15, 0.2) is 23.3 Å². The van der Waals surface area contributed by atoms with Crippen LogP contribution in [0.2, 0.25) is 0 Å². The normalized spacial score (nSPS) is 11.1. The first-order valence-corrected chi connectivity index (χ1v) is 8.74. The Bertz CT molecular complexity index is 1220. The minimum Gasteiger partial charge on any atom is -0.477 e. The maximum absolute atomic E-state index is 14.5. The number of aromatic nitrogens is 2. The molecule has 0 spiro atoms. The van der Waals surface area contributed by atoms with Crippen molar-refractivity contribution in [1.82, 2.24) is 9.55 Å². The van der Waals surface area contributed by atoms with Crippen LogP contribution in [0.5, 0.6) is 0 Å². The smallest absolute Gasteiger partial charge is 0.341 e. The zero-order valence-corrected chi connectivity index (χ0v) is 15.9. The van der Waals surface area contributed by atoms with Crippen molar-refractivity contribution in [2.75, 3.05) is 24.2 Å². The number of carboxylic acids is 1. The van der Waals surface area contributed by atoms with E-state index in [9.17, 15) is 27.9 Å². The van der Waals surface area contributed by atoms with Crippen molar-refractivity contribution >= 4 is 44.3 Å². The molecule has 0 aliphatic heterocycles. The number of nitrogens with two attached hydrogens (primary N) is 1. The number of aliphatic hydroxyl groups excluding tert-OH is 1. The molecule has 0 aliphatic rings. The number of rotatable bonds is 5. The van der Waals surface area contributed by atoms with Gasteiger partial charge >= 0.3 is 5.97 Å². The Hall–Kier alpha value is -3.12. The van der Waals surface area contributed by atoms with Gasteiger partial charge in [-0.25, -0.2) is 22.9 Å². The molecule has 29 heavy (non-hydrogen) atoms. The van der Waals surface area contributed by atoms with E-state index in [0.29, 0.717) is 6.07 Å². The van der Waals surface area contributed by atoms with Crippen LogP contribution in [-0.4, -0.2) is 38.9 Å². The third-order valence-corrected chi connectivity index (χ3v) is 4.76. The molecule has 152 valence electrons. The number of aromatic carboxylic acids is 1. The van der Waals surface area contributed by atoms with Crippen LogP contribution >= 0.6 is 15.9 Å². The number of pyridine rings is 2. The van der Waals surface area contributed by atoms with Crippen molar-refractivity contribution in [2.24, 2.45) is 0 Å². The standard InChI is InChI=1S/C17H12BrF3N4O4/c18-11-12(23-1-2-26)8(19)3-6-13(11)25(5-7(14(6)27)17(28)29)16-10(21)4-9(20)15(22)24-16/h3-5,23,26H,1-2H2,(H2,22,24)(H,28,29). The highest BCUT2D eigenvalue weighted by molar-refractivity contribution is 9.10. The van der Waals surface area contributed by atoms with Crippen molar-refractivity contribution in [3.8, 4) is 5.82 Å². The van der Waals surface area contributed by atoms with Gasteiger partial charge in [0.2, 0.25) is 5.43 Å². The highest BCUT2D eigenvalue weighted by Gasteiger charge is 2.23. The number of halogens is 4. The highest BCUT2D eigenvalue weighted by Crippen LogP contribution is 2.35. The second-order valence-electron chi connectivity index (χ2n) is 5.80. The number of aliphatic hydroxyl groups is 1. The molecule has 8 nitrogen and oxygen atoms in total. The molecular weight excluding hydrogens is 461 g/mol. The number of nitrogens with zero attached hydrogens (tertiary/aromatic N) is 2. The van der Waals surface area contributed by atoms with Crippen LogP contribution in [0.3, 0.4) is 0 Å². The predicted octanol–water partition coefficient (Wildman–Crippen LogP) is 2.25. The number of fused-ring (bicyclic) bond motifs is 1. The van der Waals surface area contributed by atoms with Crippen molar-refractivity contribution in [3.05, 3.63) is 56.0 Å². The summed E-state index contributed by atoms with van der Waals surface area (Å²) in [5, 5.41) is 20.5. The molecule has 3 rings (SSSR count). The third kappa shape index (κ3) is 3.51. The number of anilines is 2. The van der Waals surface area contributed by atoms with E-state index >= 15 is 0 Å². The van der Waals surface area contributed by atoms with Gasteiger partial charge in [0.25, 0.3) is 0 Å². The molecule has 12 heteroatoms. The van der Waals surface area contributed by atoms with E-state index in [4.69, 9.17) is 10.8 Å². The molecule has 2 heterocycles. The fourth-order valence-corrected chi connectivity index (χ4v) is 3.45. The molecule has 0 bridgehead atoms. The zero-order chi connectivity index (χ0) is 21.5. The summed E-state index contributed by atoms with van der Waals surface area (Å²) >= 11 is 3.12. The van der Waals surface area contributed by atoms with Crippen LogP contribution in [0.1, 0.15) is 10.4 Å². The second-order valence-corrected chi connectivity index (χ2v) is 6.59. The summed E-state index contributed by atoms with van der Waals surface area (Å²) in [7, 11) is 0. The van der Waals surface area contributed by atoms with E-state index in [1.54, 1.807) is 0 Å². The van der Waals surface area contributed by atoms with Gasteiger partial charge in [-0.3, -0.25) is 9.36 Å². The lowest BCUT2D eigenvalue weighted by atomic mass is 10.1. The van der Waals surface area contributed by atoms with Gasteiger partial charge < -0.3 is 21.3 Å². The van der Waals surface area contributed by atoms with Crippen LogP contribution < -0.4 is 16.5 Å². The number of nitrogens with one attached hydrogen (secondary N) is 1. The first-order valence-electron chi connectivity index (χ1n) is 7.94. The number of nitrogen functional groups attached to an aromatic ring is 1. The number of carboxylic acid groups (broad SMARTS) is 1. The van der Waals surface area contributed by atoms with Crippen LogP contribution in [0.15, 0.2) is 27.6 Å². The molecule has 3 aromatic rings. The summed E-state index contributed by atoms with van der Waals surface area (Å²) in [4.78, 5) is 27.6. The summed E-state index contributed by atoms with van der Waals surface area (Å²) in [6.45, 7) is -0.381. The Morgan fingerprint density at radius 3 is 2.55 bits per heavy atom. The summed E-state index contributed by atoms with van der Waals surface area (Å²) in [5.74, 6) is -6.15. The molecule has 5 N–H and O–H groups in total. The molecule has 0 unspecified atom stereocenters. The van der Waals surface area contributed by atoms with Gasteiger partial charge in [0.1, 0.15) is 11.4 Å². The number of hydrogen-bond acceptors (Lipinski definition) is 6. The molecule has 0 aliphatic carbocycles. The largest absolute Gasteiger partial charge is 0.477 e. The first kappa shape index (κ1) is 20.6. The Morgan fingerprint density at radius 2 is 1.93 bits per heavy atom. The van der Waals surface area contributed by atoms with Crippen molar-refractivity contribution in [2.45, 2.75) is 0 Å². The van der Waals surface area contributed by atoms with Crippen LogP contribution in [0, 0.1) is 17.5 Å². The molecular formula is C17H12BrF3N4O4. The molecule has 0 saturated heterocycles. The Labute approximate surface area is 168 Å². The lowest BCUT2D eigenvalue weighted by molar-refractivity contribution is 0.0695. The van der Waals surface area contributed by atoms with Gasteiger partial charge in [-0.2, -0.15) is 0 Å². The average molecular weight is 473 g/mol. The van der Waals surface area contributed by atoms with Gasteiger partial charge in [-0.1, -0.05) is 0 Å². The molecule has 1 aromatic carbocycles. The Kier molecular flexibility index (Phi) is 5.48. The topological polar surface area (TPSA) is 130 Å². The lowest BCUT2D eigenvalue weighted by Gasteiger charge is -2.17. The second kappa shape index (κ2) is 7.72. The van der Waals surface area contributed by atoms with E-state index in [2.05, 4.69) is 26.2 Å². The first-order chi connectivity index (χ1) is 13.7. The SMILES string of the molecule is Nc1nc(-n2cc(C(=O)O)c(=O)c3cc(F)c(NCCO)c(Br)c32)c(F)cc1F. The van der Waals surface area contributed by atoms with Crippen LogP contribution in [0.25, 0.3) is 16.7 Å². The molecule has 0 atom stereocenters. The Morgan fingerprint density at radius 1 is 1.24 bits per heavy atom. The molecule has 0 amide bonds. The van der Waals surface area contributed by atoms with E-state index in [1.165, 1.54) is 0 Å². The summed E-state index contributed by atoms with van der Waals surface area (Å²) in [5.41, 5.74) is 3.28. The monoisotopic (exact) mass is 472 g/mol. The minimum absolute atomic E-state index is 0.0470. The van der Waals surface area contributed by atoms with Crippen molar-refractivity contribution < 1.29 is 28.2 Å². The quantitative estimate of drug-likeness (QED) is 0.447. The average Bonchev–Trinajstić information content (AvgIpc) is 2.65. The number of benzene rings is 1. The maximum atomic E-state index is 14.5. The number of carbonyl (C=O) groups is 1. The summed E-state index contributed by atoms with van der Waals surface area (Å²) in [6, 6.07) is 1.22. The molecule has 0 saturated carbocycles. The van der Waals surface area contributed by atoms with Gasteiger partial charge in [0.05, 0.1) is 27.7 Å². The van der Waals surface area contributed by atoms with Gasteiger partial charge in [-0.15, -0.1) is 0 Å². The van der Waals surface area contributed by atoms with E-state index < -0.39 is 51.4 Å².